The van der Waals surface area contributed by atoms with Gasteiger partial charge in [-0.2, -0.15) is 0 Å². The van der Waals surface area contributed by atoms with Crippen LogP contribution >= 0.6 is 0 Å². The predicted octanol–water partition coefficient (Wildman–Crippen LogP) is -10.6. The fourth-order valence-corrected chi connectivity index (χ4v) is 7.58. The van der Waals surface area contributed by atoms with Gasteiger partial charge in [0.1, 0.15) is 116 Å². The van der Waals surface area contributed by atoms with Crippen LogP contribution in [0.25, 0.3) is 0 Å². The topological polar surface area (TPSA) is 424 Å². The highest BCUT2D eigenvalue weighted by Gasteiger charge is 2.55. The quantitative estimate of drug-likeness (QED) is 0.0770. The van der Waals surface area contributed by atoms with E-state index in [-0.39, 0.29) is 0 Å². The van der Waals surface area contributed by atoms with Crippen LogP contribution in [-0.2, 0) is 52.2 Å². The smallest absolute Gasteiger partial charge is 0.217 e. The predicted molar refractivity (Wildman–Crippen MR) is 188 cm³/mol. The first-order chi connectivity index (χ1) is 28.7. The maximum absolute atomic E-state index is 12.5. The van der Waals surface area contributed by atoms with Gasteiger partial charge in [0.25, 0.3) is 0 Å². The lowest BCUT2D eigenvalue weighted by Crippen LogP contribution is -2.70. The summed E-state index contributed by atoms with van der Waals surface area (Å²) in [5, 5.41) is 152. The molecule has 2 amide bonds. The largest absolute Gasteiger partial charge is 0.394 e. The second kappa shape index (κ2) is 21.3. The standard InChI is InChI=1S/C34H58N2O25/c1-8-17(41)22(46)25(49)32(55-8)54-7-14-29(20(44)15(30(52)56-14)35-9(2)39)60-31-16(36-10(3)40)21(45)28(12(5-38)58-31)61-34-27(51)24(48)19(43)13(59-34)6-53-33-26(50)23(47)18(42)11(4-37)57-33/h8,11-34,37-38,41-52H,4-7H2,1-3H3,(H,35,39)(H,36,40)/t8-,11+,12+,13+,14+,15+,16+,17+,18+,19+,20+,21+,22+,23-,24-,25-,26-,27-,28+,29+,30+,31-,32+,33-,34+/m0/s1. The summed E-state index contributed by atoms with van der Waals surface area (Å²) in [7, 11) is 0. The molecule has 0 aromatic heterocycles. The summed E-state index contributed by atoms with van der Waals surface area (Å²) in [6, 6.07) is -3.23. The molecule has 5 heterocycles. The zero-order valence-electron chi connectivity index (χ0n) is 33.0. The van der Waals surface area contributed by atoms with Crippen molar-refractivity contribution in [1.82, 2.24) is 10.6 Å². The average molecular weight is 895 g/mol. The van der Waals surface area contributed by atoms with Crippen molar-refractivity contribution in [3.63, 3.8) is 0 Å². The van der Waals surface area contributed by atoms with Gasteiger partial charge >= 0.3 is 0 Å². The van der Waals surface area contributed by atoms with Gasteiger partial charge in [0.05, 0.1) is 32.5 Å². The molecule has 0 aromatic carbocycles. The monoisotopic (exact) mass is 894 g/mol. The van der Waals surface area contributed by atoms with Crippen LogP contribution in [0.1, 0.15) is 20.8 Å². The normalized spacial score (nSPS) is 49.6. The Morgan fingerprint density at radius 3 is 1.46 bits per heavy atom. The van der Waals surface area contributed by atoms with Crippen LogP contribution < -0.4 is 10.6 Å². The van der Waals surface area contributed by atoms with E-state index in [0.717, 1.165) is 13.8 Å². The number of ether oxygens (including phenoxy) is 9. The van der Waals surface area contributed by atoms with Gasteiger partial charge in [-0.3, -0.25) is 9.59 Å². The number of nitrogens with one attached hydrogen (secondary N) is 2. The van der Waals surface area contributed by atoms with E-state index in [1.807, 2.05) is 0 Å². The first-order valence-electron chi connectivity index (χ1n) is 19.4. The van der Waals surface area contributed by atoms with E-state index < -0.39 is 192 Å². The number of hydrogen-bond acceptors (Lipinski definition) is 25. The van der Waals surface area contributed by atoms with Gasteiger partial charge in [-0.1, -0.05) is 0 Å². The molecule has 354 valence electrons. The molecule has 0 aliphatic carbocycles. The number of hydrogen-bond donors (Lipinski definition) is 16. The molecular weight excluding hydrogens is 836 g/mol. The fraction of sp³-hybridized carbons (Fsp3) is 0.941. The highest BCUT2D eigenvalue weighted by molar-refractivity contribution is 5.73. The van der Waals surface area contributed by atoms with Crippen molar-refractivity contribution >= 4 is 11.8 Å². The molecule has 0 aromatic rings. The van der Waals surface area contributed by atoms with Gasteiger partial charge in [-0.15, -0.1) is 0 Å². The molecule has 0 spiro atoms. The van der Waals surface area contributed by atoms with E-state index in [2.05, 4.69) is 10.6 Å². The summed E-state index contributed by atoms with van der Waals surface area (Å²) in [5.74, 6) is -1.50. The second-order valence-electron chi connectivity index (χ2n) is 15.5. The van der Waals surface area contributed by atoms with E-state index in [9.17, 15) is 81.1 Å². The molecule has 61 heavy (non-hydrogen) atoms. The molecule has 0 radical (unpaired) electrons. The van der Waals surface area contributed by atoms with Crippen LogP contribution in [0.4, 0.5) is 0 Å². The van der Waals surface area contributed by atoms with Gasteiger partial charge in [0.15, 0.2) is 31.5 Å². The van der Waals surface area contributed by atoms with E-state index >= 15 is 0 Å². The summed E-state index contributed by atoms with van der Waals surface area (Å²) in [4.78, 5) is 24.5. The van der Waals surface area contributed by atoms with Crippen molar-refractivity contribution in [1.29, 1.82) is 0 Å². The summed E-state index contributed by atoms with van der Waals surface area (Å²) >= 11 is 0. The molecule has 27 heteroatoms. The Kier molecular flexibility index (Phi) is 17.5. The molecule has 0 unspecified atom stereocenters. The van der Waals surface area contributed by atoms with Crippen LogP contribution in [0.15, 0.2) is 0 Å². The van der Waals surface area contributed by atoms with Gasteiger partial charge < -0.3 is 125 Å². The van der Waals surface area contributed by atoms with Crippen LogP contribution in [-0.4, -0.2) is 263 Å². The van der Waals surface area contributed by atoms with Crippen molar-refractivity contribution in [3.8, 4) is 0 Å². The molecule has 5 aliphatic rings. The number of aliphatic hydroxyl groups is 14. The molecule has 5 saturated heterocycles. The first-order valence-corrected chi connectivity index (χ1v) is 19.4. The minimum atomic E-state index is -2.05. The van der Waals surface area contributed by atoms with Gasteiger partial charge in [0, 0.05) is 13.8 Å². The summed E-state index contributed by atoms with van der Waals surface area (Å²) in [5.41, 5.74) is 0. The van der Waals surface area contributed by atoms with Crippen molar-refractivity contribution in [2.45, 2.75) is 174 Å². The molecule has 0 bridgehead atoms. The lowest BCUT2D eigenvalue weighted by molar-refractivity contribution is -0.367. The molecule has 5 rings (SSSR count). The maximum atomic E-state index is 12.5. The second-order valence-corrected chi connectivity index (χ2v) is 15.5. The fourth-order valence-electron chi connectivity index (χ4n) is 7.58. The highest BCUT2D eigenvalue weighted by Crippen LogP contribution is 2.34. The van der Waals surface area contributed by atoms with Crippen LogP contribution in [0.3, 0.4) is 0 Å². The van der Waals surface area contributed by atoms with Crippen molar-refractivity contribution in [2.24, 2.45) is 0 Å². The number of amides is 2. The lowest BCUT2D eigenvalue weighted by Gasteiger charge is -2.49. The van der Waals surface area contributed by atoms with Gasteiger partial charge in [-0.25, -0.2) is 0 Å². The van der Waals surface area contributed by atoms with Crippen molar-refractivity contribution in [2.75, 3.05) is 26.4 Å². The Balaban J connectivity index is 1.33. The lowest BCUT2D eigenvalue weighted by atomic mass is 9.94. The van der Waals surface area contributed by atoms with Gasteiger partial charge in [0.2, 0.25) is 11.8 Å². The van der Waals surface area contributed by atoms with Crippen LogP contribution in [0, 0.1) is 0 Å². The molecule has 16 N–H and O–H groups in total. The molecule has 25 atom stereocenters. The molecule has 5 fully saturated rings. The van der Waals surface area contributed by atoms with Crippen molar-refractivity contribution < 1.29 is 124 Å². The Hall–Kier alpha value is -1.98. The molecule has 27 nitrogen and oxygen atoms in total. The maximum Gasteiger partial charge on any atom is 0.217 e. The number of aliphatic hydroxyl groups excluding tert-OH is 14. The number of carbonyl (C=O) groups is 2. The van der Waals surface area contributed by atoms with E-state index in [1.54, 1.807) is 0 Å². The third-order valence-electron chi connectivity index (χ3n) is 11.0. The Bertz CT molecular complexity index is 1420. The number of rotatable bonds is 14. The molecular formula is C34H58N2O25. The first kappa shape index (κ1) is 50.0. The minimum Gasteiger partial charge on any atom is -0.394 e. The van der Waals surface area contributed by atoms with Crippen molar-refractivity contribution in [3.05, 3.63) is 0 Å². The number of carbonyl (C=O) groups excluding carboxylic acids is 2. The van der Waals surface area contributed by atoms with Gasteiger partial charge in [-0.05, 0) is 6.92 Å². The summed E-state index contributed by atoms with van der Waals surface area (Å²) in [6.07, 6.45) is -39.7. The van der Waals surface area contributed by atoms with E-state index in [0.29, 0.717) is 0 Å². The summed E-state index contributed by atoms with van der Waals surface area (Å²) < 4.78 is 50.8. The van der Waals surface area contributed by atoms with E-state index in [4.69, 9.17) is 42.6 Å². The zero-order valence-corrected chi connectivity index (χ0v) is 33.0. The van der Waals surface area contributed by atoms with E-state index in [1.165, 1.54) is 6.92 Å². The summed E-state index contributed by atoms with van der Waals surface area (Å²) in [6.45, 7) is 0.353. The minimum absolute atomic E-state index is 0.676. The molecule has 0 saturated carbocycles. The average Bonchev–Trinajstić information content (AvgIpc) is 3.21. The Morgan fingerprint density at radius 1 is 0.459 bits per heavy atom. The van der Waals surface area contributed by atoms with Crippen LogP contribution in [0.5, 0.6) is 0 Å². The third-order valence-corrected chi connectivity index (χ3v) is 11.0. The SMILES string of the molecule is CC(=O)N[C@@H]1[C@@H](O)[C@H](O[C@@H]2O[C@H](CO)[C@@H](O[C@H]3O[C@H](CO[C@H]4O[C@H](CO)[C@@H](O)[C@H](O)[C@@H]4O)[C@@H](O)[C@H](O)[C@@H]3O)[C@H](O)[C@H]2NC(C)=O)[C@@H](CO[C@@H]2O[C@@H](C)[C@@H](O)[C@@H](O)[C@@H]2O)O[C@H]1O. The Morgan fingerprint density at radius 2 is 0.885 bits per heavy atom. The third kappa shape index (κ3) is 11.1. The highest BCUT2D eigenvalue weighted by atomic mass is 16.8. The Labute approximate surface area is 346 Å². The zero-order chi connectivity index (χ0) is 45.2. The molecule has 5 aliphatic heterocycles. The van der Waals surface area contributed by atoms with Crippen LogP contribution in [0.2, 0.25) is 0 Å².